The molecule has 1 saturated heterocycles. The van der Waals surface area contributed by atoms with E-state index in [1.807, 2.05) is 18.7 Å². The van der Waals surface area contributed by atoms with Crippen LogP contribution in [-0.2, 0) is 14.6 Å². The molecule has 100 valence electrons. The maximum absolute atomic E-state index is 11.4. The number of nitrogens with one attached hydrogen (secondary N) is 1. The second-order valence-corrected chi connectivity index (χ2v) is 7.19. The summed E-state index contributed by atoms with van der Waals surface area (Å²) >= 11 is 0. The normalized spacial score (nSPS) is 20.6. The molecule has 5 nitrogen and oxygen atoms in total. The van der Waals surface area contributed by atoms with Gasteiger partial charge in [-0.3, -0.25) is 4.79 Å². The van der Waals surface area contributed by atoms with Crippen LogP contribution in [0.4, 0.5) is 0 Å². The number of hydrogen-bond acceptors (Lipinski definition) is 4. The fraction of sp³-hybridized carbons (Fsp3) is 0.909. The fourth-order valence-corrected chi connectivity index (χ4v) is 3.27. The van der Waals surface area contributed by atoms with E-state index in [4.69, 9.17) is 0 Å². The molecule has 1 aliphatic rings. The van der Waals surface area contributed by atoms with Crippen LogP contribution in [-0.4, -0.2) is 56.4 Å². The lowest BCUT2D eigenvalue weighted by Gasteiger charge is -2.24. The van der Waals surface area contributed by atoms with Crippen molar-refractivity contribution >= 4 is 15.7 Å². The highest BCUT2D eigenvalue weighted by Gasteiger charge is 2.22. The molecule has 0 saturated carbocycles. The van der Waals surface area contributed by atoms with E-state index in [9.17, 15) is 13.2 Å². The first kappa shape index (κ1) is 14.4. The van der Waals surface area contributed by atoms with Gasteiger partial charge in [0, 0.05) is 37.8 Å². The van der Waals surface area contributed by atoms with Crippen LogP contribution in [0.15, 0.2) is 0 Å². The van der Waals surface area contributed by atoms with Crippen molar-refractivity contribution < 1.29 is 13.2 Å². The summed E-state index contributed by atoms with van der Waals surface area (Å²) < 4.78 is 22.2. The van der Waals surface area contributed by atoms with Gasteiger partial charge < -0.3 is 10.2 Å². The minimum absolute atomic E-state index is 0.0855. The predicted octanol–water partition coefficient (Wildman–Crippen LogP) is 0.0200. The van der Waals surface area contributed by atoms with Crippen molar-refractivity contribution in [2.75, 3.05) is 25.1 Å². The van der Waals surface area contributed by atoms with Gasteiger partial charge in [0.2, 0.25) is 5.91 Å². The lowest BCUT2D eigenvalue weighted by molar-refractivity contribution is -0.127. The molecule has 2 atom stereocenters. The van der Waals surface area contributed by atoms with Crippen LogP contribution in [0.25, 0.3) is 0 Å². The Balaban J connectivity index is 2.33. The average molecular weight is 262 g/mol. The van der Waals surface area contributed by atoms with E-state index in [2.05, 4.69) is 5.32 Å². The van der Waals surface area contributed by atoms with Crippen molar-refractivity contribution in [1.29, 1.82) is 0 Å². The Kier molecular flexibility index (Phi) is 4.94. The molecule has 0 aromatic heterocycles. The topological polar surface area (TPSA) is 66.5 Å². The summed E-state index contributed by atoms with van der Waals surface area (Å²) in [7, 11) is -2.95. The maximum atomic E-state index is 11.4. The molecule has 1 fully saturated rings. The quantitative estimate of drug-likeness (QED) is 0.733. The Morgan fingerprint density at radius 2 is 2.00 bits per heavy atom. The van der Waals surface area contributed by atoms with Crippen LogP contribution >= 0.6 is 0 Å². The number of likely N-dealkylation sites (tertiary alicyclic amines) is 1. The molecule has 1 aliphatic heterocycles. The standard InChI is InChI=1S/C11H22N2O3S/c1-9(7-13-6-4-5-11(13)14)12-10(2)8-17(3,15)16/h9-10,12H,4-8H2,1-3H3. The number of sulfone groups is 1. The number of rotatable bonds is 6. The number of amides is 1. The molecular weight excluding hydrogens is 240 g/mol. The Morgan fingerprint density at radius 3 is 2.47 bits per heavy atom. The third-order valence-corrected chi connectivity index (χ3v) is 3.89. The van der Waals surface area contributed by atoms with Crippen molar-refractivity contribution in [2.24, 2.45) is 0 Å². The highest BCUT2D eigenvalue weighted by molar-refractivity contribution is 7.90. The van der Waals surface area contributed by atoms with Gasteiger partial charge in [-0.1, -0.05) is 0 Å². The first-order valence-corrected chi connectivity index (χ1v) is 8.05. The van der Waals surface area contributed by atoms with Crippen molar-refractivity contribution in [3.05, 3.63) is 0 Å². The number of carbonyl (C=O) groups excluding carboxylic acids is 1. The average Bonchev–Trinajstić information content (AvgIpc) is 2.47. The summed E-state index contributed by atoms with van der Waals surface area (Å²) in [6.07, 6.45) is 2.82. The first-order valence-electron chi connectivity index (χ1n) is 5.99. The molecule has 1 heterocycles. The van der Waals surface area contributed by atoms with Gasteiger partial charge in [-0.2, -0.15) is 0 Å². The van der Waals surface area contributed by atoms with Crippen LogP contribution < -0.4 is 5.32 Å². The van der Waals surface area contributed by atoms with Crippen LogP contribution in [0.1, 0.15) is 26.7 Å². The van der Waals surface area contributed by atoms with Gasteiger partial charge in [-0.05, 0) is 20.3 Å². The van der Waals surface area contributed by atoms with E-state index in [0.717, 1.165) is 13.0 Å². The second-order valence-electron chi connectivity index (χ2n) is 5.00. The number of carbonyl (C=O) groups is 1. The summed E-state index contributed by atoms with van der Waals surface area (Å²) in [6.45, 7) is 5.31. The smallest absolute Gasteiger partial charge is 0.222 e. The van der Waals surface area contributed by atoms with E-state index < -0.39 is 9.84 Å². The Hall–Kier alpha value is -0.620. The number of nitrogens with zero attached hydrogens (tertiary/aromatic N) is 1. The summed E-state index contributed by atoms with van der Waals surface area (Å²) in [6, 6.07) is 0.0338. The predicted molar refractivity (Wildman–Crippen MR) is 67.6 cm³/mol. The molecule has 0 aliphatic carbocycles. The zero-order valence-electron chi connectivity index (χ0n) is 10.8. The van der Waals surface area contributed by atoms with Gasteiger partial charge in [-0.15, -0.1) is 0 Å². The summed E-state index contributed by atoms with van der Waals surface area (Å²) in [4.78, 5) is 13.3. The SMILES string of the molecule is CC(CN1CCCC1=O)NC(C)CS(C)(=O)=O. The summed E-state index contributed by atoms with van der Waals surface area (Å²) in [5.74, 6) is 0.333. The van der Waals surface area contributed by atoms with E-state index in [-0.39, 0.29) is 23.7 Å². The molecule has 1 rings (SSSR count). The molecule has 0 bridgehead atoms. The van der Waals surface area contributed by atoms with Crippen LogP contribution in [0, 0.1) is 0 Å². The summed E-state index contributed by atoms with van der Waals surface area (Å²) in [5.41, 5.74) is 0. The van der Waals surface area contributed by atoms with Gasteiger partial charge in [-0.25, -0.2) is 8.42 Å². The molecule has 6 heteroatoms. The van der Waals surface area contributed by atoms with Crippen molar-refractivity contribution in [2.45, 2.75) is 38.8 Å². The van der Waals surface area contributed by atoms with Crippen LogP contribution in [0.2, 0.25) is 0 Å². The summed E-state index contributed by atoms with van der Waals surface area (Å²) in [5, 5.41) is 3.21. The van der Waals surface area contributed by atoms with Crippen molar-refractivity contribution in [3.63, 3.8) is 0 Å². The lowest BCUT2D eigenvalue weighted by atomic mass is 10.2. The number of hydrogen-bond donors (Lipinski definition) is 1. The molecule has 1 amide bonds. The Labute approximate surface area is 103 Å². The minimum atomic E-state index is -2.95. The van der Waals surface area contributed by atoms with Gasteiger partial charge in [0.1, 0.15) is 9.84 Å². The van der Waals surface area contributed by atoms with E-state index in [1.165, 1.54) is 6.26 Å². The molecule has 0 radical (unpaired) electrons. The van der Waals surface area contributed by atoms with E-state index in [0.29, 0.717) is 13.0 Å². The van der Waals surface area contributed by atoms with E-state index in [1.54, 1.807) is 0 Å². The van der Waals surface area contributed by atoms with Crippen molar-refractivity contribution in [1.82, 2.24) is 10.2 Å². The van der Waals surface area contributed by atoms with Crippen molar-refractivity contribution in [3.8, 4) is 0 Å². The van der Waals surface area contributed by atoms with Gasteiger partial charge in [0.05, 0.1) is 5.75 Å². The Bertz CT molecular complexity index is 367. The van der Waals surface area contributed by atoms with Crippen LogP contribution in [0.5, 0.6) is 0 Å². The minimum Gasteiger partial charge on any atom is -0.341 e. The van der Waals surface area contributed by atoms with E-state index >= 15 is 0 Å². The zero-order valence-corrected chi connectivity index (χ0v) is 11.6. The first-order chi connectivity index (χ1) is 7.78. The zero-order chi connectivity index (χ0) is 13.1. The van der Waals surface area contributed by atoms with Gasteiger partial charge in [0.15, 0.2) is 0 Å². The molecule has 0 aromatic carbocycles. The molecular formula is C11H22N2O3S. The van der Waals surface area contributed by atoms with Crippen LogP contribution in [0.3, 0.4) is 0 Å². The lowest BCUT2D eigenvalue weighted by Crippen LogP contribution is -2.45. The molecule has 1 N–H and O–H groups in total. The second kappa shape index (κ2) is 5.82. The molecule has 2 unspecified atom stereocenters. The maximum Gasteiger partial charge on any atom is 0.222 e. The third kappa shape index (κ3) is 5.50. The molecule has 0 aromatic rings. The van der Waals surface area contributed by atoms with Gasteiger partial charge in [0.25, 0.3) is 0 Å². The monoisotopic (exact) mass is 262 g/mol. The highest BCUT2D eigenvalue weighted by Crippen LogP contribution is 2.09. The largest absolute Gasteiger partial charge is 0.341 e. The Morgan fingerprint density at radius 1 is 1.35 bits per heavy atom. The highest BCUT2D eigenvalue weighted by atomic mass is 32.2. The fourth-order valence-electron chi connectivity index (χ4n) is 2.27. The van der Waals surface area contributed by atoms with Gasteiger partial charge >= 0.3 is 0 Å². The molecule has 0 spiro atoms. The molecule has 17 heavy (non-hydrogen) atoms. The third-order valence-electron chi connectivity index (χ3n) is 2.79.